The Morgan fingerprint density at radius 3 is 2.44 bits per heavy atom. The first kappa shape index (κ1) is 25.6. The van der Waals surface area contributed by atoms with Gasteiger partial charge in [-0.1, -0.05) is 29.8 Å². The van der Waals surface area contributed by atoms with Crippen LogP contribution in [-0.4, -0.2) is 84.6 Å². The fourth-order valence-electron chi connectivity index (χ4n) is 4.22. The van der Waals surface area contributed by atoms with Crippen LogP contribution in [0, 0.1) is 6.92 Å². The number of amides is 4. The van der Waals surface area contributed by atoms with Gasteiger partial charge in [0.1, 0.15) is 0 Å². The van der Waals surface area contributed by atoms with Crippen molar-refractivity contribution in [2.24, 2.45) is 0 Å². The van der Waals surface area contributed by atoms with E-state index in [1.54, 1.807) is 18.9 Å². The van der Waals surface area contributed by atoms with Gasteiger partial charge in [-0.15, -0.1) is 0 Å². The second-order valence-electron chi connectivity index (χ2n) is 9.88. The maximum atomic E-state index is 13.1. The molecule has 9 heteroatoms. The molecule has 1 saturated heterocycles. The van der Waals surface area contributed by atoms with Crippen molar-refractivity contribution in [3.05, 3.63) is 46.7 Å². The minimum atomic E-state index is -0.587. The molecule has 3 rings (SSSR count). The summed E-state index contributed by atoms with van der Waals surface area (Å²) in [4.78, 5) is 43.9. The molecule has 0 radical (unpaired) electrons. The van der Waals surface area contributed by atoms with Crippen molar-refractivity contribution in [2.75, 3.05) is 46.4 Å². The van der Waals surface area contributed by atoms with E-state index in [1.165, 1.54) is 4.90 Å². The van der Waals surface area contributed by atoms with Gasteiger partial charge in [-0.05, 0) is 40.2 Å². The molecule has 186 valence electrons. The third-order valence-electron chi connectivity index (χ3n) is 5.96. The maximum Gasteiger partial charge on any atom is 0.338 e. The van der Waals surface area contributed by atoms with Crippen molar-refractivity contribution in [2.45, 2.75) is 46.2 Å². The van der Waals surface area contributed by atoms with Crippen molar-refractivity contribution in [3.63, 3.8) is 0 Å². The first-order valence-electron chi connectivity index (χ1n) is 11.8. The number of piperazine rings is 1. The summed E-state index contributed by atoms with van der Waals surface area (Å²) in [5, 5.41) is 5.96. The monoisotopic (exact) mass is 471 g/mol. The van der Waals surface area contributed by atoms with Crippen LogP contribution in [0.5, 0.6) is 0 Å². The number of likely N-dealkylation sites (N-methyl/N-ethyl adjacent to an activating group) is 1. The summed E-state index contributed by atoms with van der Waals surface area (Å²) in [6.45, 7) is 12.7. The predicted octanol–water partition coefficient (Wildman–Crippen LogP) is 2.63. The minimum Gasteiger partial charge on any atom is -0.463 e. The van der Waals surface area contributed by atoms with Crippen LogP contribution in [0.4, 0.5) is 9.59 Å². The fourth-order valence-corrected chi connectivity index (χ4v) is 4.22. The molecule has 0 saturated carbocycles. The van der Waals surface area contributed by atoms with Crippen molar-refractivity contribution in [1.29, 1.82) is 0 Å². The molecule has 1 atom stereocenters. The molecule has 0 aromatic heterocycles. The number of carbonyl (C=O) groups is 3. The zero-order chi connectivity index (χ0) is 25.0. The SMILES string of the molecule is CCOC(=O)C1=C(CN2CCN(C(=O)NC(C)(C)C)CC2)N(C)C(=O)NC1c1cccc(C)c1. The topological polar surface area (TPSA) is 94.2 Å². The van der Waals surface area contributed by atoms with Crippen LogP contribution in [0.15, 0.2) is 35.5 Å². The third-order valence-corrected chi connectivity index (χ3v) is 5.96. The zero-order valence-corrected chi connectivity index (χ0v) is 21.1. The Labute approximate surface area is 202 Å². The van der Waals surface area contributed by atoms with Gasteiger partial charge in [0.15, 0.2) is 0 Å². The molecule has 4 amide bonds. The number of ether oxygens (including phenoxy) is 1. The van der Waals surface area contributed by atoms with Gasteiger partial charge in [-0.3, -0.25) is 9.80 Å². The molecular weight excluding hydrogens is 434 g/mol. The van der Waals surface area contributed by atoms with Gasteiger partial charge in [-0.25, -0.2) is 14.4 Å². The average Bonchev–Trinajstić information content (AvgIpc) is 2.76. The van der Waals surface area contributed by atoms with Gasteiger partial charge in [0.25, 0.3) is 0 Å². The van der Waals surface area contributed by atoms with Crippen molar-refractivity contribution in [3.8, 4) is 0 Å². The van der Waals surface area contributed by atoms with Gasteiger partial charge < -0.3 is 20.3 Å². The van der Waals surface area contributed by atoms with Crippen molar-refractivity contribution >= 4 is 18.0 Å². The molecule has 2 aliphatic heterocycles. The molecule has 2 aliphatic rings. The van der Waals surface area contributed by atoms with Gasteiger partial charge in [-0.2, -0.15) is 0 Å². The first-order valence-corrected chi connectivity index (χ1v) is 11.8. The number of nitrogens with one attached hydrogen (secondary N) is 2. The lowest BCUT2D eigenvalue weighted by molar-refractivity contribution is -0.139. The smallest absolute Gasteiger partial charge is 0.338 e. The molecule has 0 spiro atoms. The van der Waals surface area contributed by atoms with Crippen LogP contribution >= 0.6 is 0 Å². The highest BCUT2D eigenvalue weighted by Gasteiger charge is 2.38. The Hall–Kier alpha value is -3.07. The molecule has 1 unspecified atom stereocenters. The average molecular weight is 472 g/mol. The first-order chi connectivity index (χ1) is 16.0. The summed E-state index contributed by atoms with van der Waals surface area (Å²) >= 11 is 0. The van der Waals surface area contributed by atoms with Gasteiger partial charge in [0.2, 0.25) is 0 Å². The molecule has 1 fully saturated rings. The van der Waals surface area contributed by atoms with Crippen LogP contribution in [0.2, 0.25) is 0 Å². The number of rotatable bonds is 5. The Kier molecular flexibility index (Phi) is 7.86. The van der Waals surface area contributed by atoms with Gasteiger partial charge in [0, 0.05) is 51.0 Å². The van der Waals surface area contributed by atoms with Crippen LogP contribution in [-0.2, 0) is 9.53 Å². The van der Waals surface area contributed by atoms with Crippen LogP contribution in [0.25, 0.3) is 0 Å². The zero-order valence-electron chi connectivity index (χ0n) is 21.1. The van der Waals surface area contributed by atoms with E-state index in [4.69, 9.17) is 4.74 Å². The summed E-state index contributed by atoms with van der Waals surface area (Å²) in [6, 6.07) is 6.84. The predicted molar refractivity (Wildman–Crippen MR) is 130 cm³/mol. The molecule has 0 aliphatic carbocycles. The van der Waals surface area contributed by atoms with Crippen LogP contribution in [0.3, 0.4) is 0 Å². The quantitative estimate of drug-likeness (QED) is 0.644. The van der Waals surface area contributed by atoms with E-state index in [2.05, 4.69) is 15.5 Å². The molecule has 1 aromatic rings. The maximum absolute atomic E-state index is 13.1. The molecule has 2 N–H and O–H groups in total. The summed E-state index contributed by atoms with van der Waals surface area (Å²) in [6.07, 6.45) is 0. The molecule has 1 aromatic carbocycles. The highest BCUT2D eigenvalue weighted by molar-refractivity contribution is 5.95. The number of benzene rings is 1. The molecule has 9 nitrogen and oxygen atoms in total. The summed E-state index contributed by atoms with van der Waals surface area (Å²) in [5.74, 6) is -0.431. The van der Waals surface area contributed by atoms with E-state index in [1.807, 2.05) is 52.0 Å². The van der Waals surface area contributed by atoms with Gasteiger partial charge >= 0.3 is 18.0 Å². The number of aryl methyl sites for hydroxylation is 1. The van der Waals surface area contributed by atoms with Crippen molar-refractivity contribution in [1.82, 2.24) is 25.3 Å². The van der Waals surface area contributed by atoms with E-state index < -0.39 is 12.0 Å². The summed E-state index contributed by atoms with van der Waals surface area (Å²) in [7, 11) is 1.67. The fraction of sp³-hybridized carbons (Fsp3) is 0.560. The molecular formula is C25H37N5O4. The Bertz CT molecular complexity index is 960. The molecule has 0 bridgehead atoms. The number of urea groups is 2. The molecule has 34 heavy (non-hydrogen) atoms. The Morgan fingerprint density at radius 2 is 1.85 bits per heavy atom. The standard InChI is InChI=1S/C25H37N5O4/c1-7-34-22(31)20-19(16-29-11-13-30(14-12-29)24(33)27-25(3,4)5)28(6)23(32)26-21(20)18-10-8-9-17(2)15-18/h8-10,15,21H,7,11-14,16H2,1-6H3,(H,26,32)(H,27,33). The largest absolute Gasteiger partial charge is 0.463 e. The highest BCUT2D eigenvalue weighted by atomic mass is 16.5. The Morgan fingerprint density at radius 1 is 1.18 bits per heavy atom. The van der Waals surface area contributed by atoms with E-state index >= 15 is 0 Å². The Balaban J connectivity index is 1.85. The second kappa shape index (κ2) is 10.5. The summed E-state index contributed by atoms with van der Waals surface area (Å²) in [5.41, 5.74) is 2.66. The van der Waals surface area contributed by atoms with E-state index in [9.17, 15) is 14.4 Å². The van der Waals surface area contributed by atoms with Crippen molar-refractivity contribution < 1.29 is 19.1 Å². The lowest BCUT2D eigenvalue weighted by Gasteiger charge is -2.40. The van der Waals surface area contributed by atoms with Crippen LogP contribution < -0.4 is 10.6 Å². The number of hydrogen-bond donors (Lipinski definition) is 2. The van der Waals surface area contributed by atoms with E-state index in [0.29, 0.717) is 44.0 Å². The highest BCUT2D eigenvalue weighted by Crippen LogP contribution is 2.32. The van der Waals surface area contributed by atoms with E-state index in [-0.39, 0.29) is 24.2 Å². The number of nitrogens with zero attached hydrogens (tertiary/aromatic N) is 3. The number of esters is 1. The third kappa shape index (κ3) is 6.08. The second-order valence-corrected chi connectivity index (χ2v) is 9.88. The lowest BCUT2D eigenvalue weighted by Crippen LogP contribution is -2.56. The van der Waals surface area contributed by atoms with Crippen LogP contribution in [0.1, 0.15) is 44.9 Å². The van der Waals surface area contributed by atoms with Gasteiger partial charge in [0.05, 0.1) is 18.2 Å². The number of carbonyl (C=O) groups excluding carboxylic acids is 3. The lowest BCUT2D eigenvalue weighted by atomic mass is 9.93. The normalized spacial score (nSPS) is 19.7. The van der Waals surface area contributed by atoms with E-state index in [0.717, 1.165) is 11.1 Å². The minimum absolute atomic E-state index is 0.0766. The summed E-state index contributed by atoms with van der Waals surface area (Å²) < 4.78 is 5.41. The molecule has 2 heterocycles. The number of hydrogen-bond acceptors (Lipinski definition) is 5.